The zero-order valence-corrected chi connectivity index (χ0v) is 21.2. The van der Waals surface area contributed by atoms with Gasteiger partial charge < -0.3 is 10.4 Å². The van der Waals surface area contributed by atoms with E-state index in [-0.39, 0.29) is 18.9 Å². The molecule has 0 spiro atoms. The molecule has 1 amide bonds. The molecular formula is C30H36N2O3. The van der Waals surface area contributed by atoms with Gasteiger partial charge in [0.25, 0.3) is 5.91 Å². The van der Waals surface area contributed by atoms with E-state index < -0.39 is 5.97 Å². The fraction of sp³-hybridized carbons (Fsp3) is 0.333. The summed E-state index contributed by atoms with van der Waals surface area (Å²) in [6.45, 7) is 11.2. The Balaban J connectivity index is 1.73. The Bertz CT molecular complexity index is 1140. The van der Waals surface area contributed by atoms with Crippen molar-refractivity contribution >= 4 is 11.9 Å². The van der Waals surface area contributed by atoms with Crippen LogP contribution in [0, 0.1) is 13.8 Å². The molecule has 0 aliphatic rings. The van der Waals surface area contributed by atoms with E-state index in [1.54, 1.807) is 12.1 Å². The first-order valence-corrected chi connectivity index (χ1v) is 12.2. The molecule has 0 fully saturated rings. The topological polar surface area (TPSA) is 69.6 Å². The molecule has 2 N–H and O–H groups in total. The highest BCUT2D eigenvalue weighted by molar-refractivity contribution is 5.94. The zero-order chi connectivity index (χ0) is 25.4. The summed E-state index contributed by atoms with van der Waals surface area (Å²) in [5, 5.41) is 11.4. The van der Waals surface area contributed by atoms with E-state index in [2.05, 4.69) is 80.4 Å². The van der Waals surface area contributed by atoms with E-state index in [0.29, 0.717) is 11.5 Å². The van der Waals surface area contributed by atoms with Crippen molar-refractivity contribution in [2.24, 2.45) is 0 Å². The number of carbonyl (C=O) groups is 2. The van der Waals surface area contributed by atoms with Gasteiger partial charge in [0.15, 0.2) is 0 Å². The maximum absolute atomic E-state index is 12.3. The van der Waals surface area contributed by atoms with Gasteiger partial charge in [-0.1, -0.05) is 68.4 Å². The zero-order valence-electron chi connectivity index (χ0n) is 21.2. The van der Waals surface area contributed by atoms with E-state index in [1.807, 2.05) is 12.1 Å². The van der Waals surface area contributed by atoms with Gasteiger partial charge in [-0.3, -0.25) is 14.5 Å². The second kappa shape index (κ2) is 12.3. The number of hydrogen-bond acceptors (Lipinski definition) is 3. The van der Waals surface area contributed by atoms with E-state index in [4.69, 9.17) is 5.11 Å². The van der Waals surface area contributed by atoms with Gasteiger partial charge in [0.2, 0.25) is 0 Å². The molecule has 3 aromatic carbocycles. The minimum Gasteiger partial charge on any atom is -0.481 e. The van der Waals surface area contributed by atoms with Crippen LogP contribution in [0.5, 0.6) is 0 Å². The minimum absolute atomic E-state index is 0.0879. The van der Waals surface area contributed by atoms with E-state index >= 15 is 0 Å². The second-order valence-corrected chi connectivity index (χ2v) is 9.56. The third kappa shape index (κ3) is 8.08. The van der Waals surface area contributed by atoms with Gasteiger partial charge in [-0.2, -0.15) is 0 Å². The second-order valence-electron chi connectivity index (χ2n) is 9.56. The summed E-state index contributed by atoms with van der Waals surface area (Å²) in [7, 11) is 0. The van der Waals surface area contributed by atoms with Crippen molar-refractivity contribution in [3.05, 3.63) is 106 Å². The molecule has 35 heavy (non-hydrogen) atoms. The fourth-order valence-corrected chi connectivity index (χ4v) is 4.00. The molecule has 0 saturated heterocycles. The van der Waals surface area contributed by atoms with Crippen molar-refractivity contribution < 1.29 is 14.7 Å². The lowest BCUT2D eigenvalue weighted by molar-refractivity contribution is -0.136. The number of amides is 1. The Hall–Kier alpha value is -3.44. The molecule has 5 heteroatoms. The fourth-order valence-electron chi connectivity index (χ4n) is 4.00. The Kier molecular flexibility index (Phi) is 9.21. The van der Waals surface area contributed by atoms with Gasteiger partial charge in [0.1, 0.15) is 0 Å². The highest BCUT2D eigenvalue weighted by Crippen LogP contribution is 2.19. The summed E-state index contributed by atoms with van der Waals surface area (Å²) in [5.74, 6) is -0.672. The van der Waals surface area contributed by atoms with E-state index in [1.165, 1.54) is 27.8 Å². The van der Waals surface area contributed by atoms with Crippen molar-refractivity contribution in [1.82, 2.24) is 10.2 Å². The lowest BCUT2D eigenvalue weighted by Gasteiger charge is -2.24. The maximum atomic E-state index is 12.3. The summed E-state index contributed by atoms with van der Waals surface area (Å²) >= 11 is 0. The third-order valence-corrected chi connectivity index (χ3v) is 6.28. The Labute approximate surface area is 208 Å². The number of hydrogen-bond donors (Lipinski definition) is 2. The standard InChI is InChI=1S/C30H36N2O3/c1-21(2)27-11-7-24(8-12-27)18-32(20-26-6-5-22(3)23(4)17-26)19-25-9-13-28(14-10-25)30(35)31-16-15-29(33)34/h5-14,17,21H,15-16,18-20H2,1-4H3,(H,31,35)(H,33,34). The molecule has 0 bridgehead atoms. The van der Waals surface area contributed by atoms with Gasteiger partial charge in [-0.05, 0) is 65.3 Å². The predicted molar refractivity (Wildman–Crippen MR) is 140 cm³/mol. The number of nitrogens with zero attached hydrogens (tertiary/aromatic N) is 1. The van der Waals surface area contributed by atoms with Crippen LogP contribution in [-0.4, -0.2) is 28.4 Å². The summed E-state index contributed by atoms with van der Waals surface area (Å²) in [6, 6.07) is 23.0. The molecule has 0 aliphatic heterocycles. The van der Waals surface area contributed by atoms with Crippen LogP contribution in [0.2, 0.25) is 0 Å². The van der Waals surface area contributed by atoms with Crippen molar-refractivity contribution in [2.45, 2.75) is 59.7 Å². The van der Waals surface area contributed by atoms with Crippen LogP contribution in [0.15, 0.2) is 66.7 Å². The molecule has 0 aliphatic carbocycles. The quantitative estimate of drug-likeness (QED) is 0.368. The Morgan fingerprint density at radius 2 is 1.34 bits per heavy atom. The average molecular weight is 473 g/mol. The molecule has 0 saturated carbocycles. The minimum atomic E-state index is -0.927. The smallest absolute Gasteiger partial charge is 0.305 e. The number of nitrogens with one attached hydrogen (secondary N) is 1. The lowest BCUT2D eigenvalue weighted by atomic mass is 10.0. The van der Waals surface area contributed by atoms with E-state index in [0.717, 1.165) is 25.2 Å². The van der Waals surface area contributed by atoms with Crippen LogP contribution in [-0.2, 0) is 24.4 Å². The number of carboxylic acid groups (broad SMARTS) is 1. The molecule has 0 aromatic heterocycles. The number of carboxylic acids is 1. The lowest BCUT2D eigenvalue weighted by Crippen LogP contribution is -2.26. The summed E-state index contributed by atoms with van der Waals surface area (Å²) < 4.78 is 0. The van der Waals surface area contributed by atoms with Crippen LogP contribution in [0.25, 0.3) is 0 Å². The van der Waals surface area contributed by atoms with Gasteiger partial charge in [0.05, 0.1) is 6.42 Å². The van der Waals surface area contributed by atoms with Crippen LogP contribution in [0.3, 0.4) is 0 Å². The summed E-state index contributed by atoms with van der Waals surface area (Å²) in [5.41, 5.74) is 8.13. The molecular weight excluding hydrogens is 436 g/mol. The normalized spacial score (nSPS) is 11.1. The van der Waals surface area contributed by atoms with E-state index in [9.17, 15) is 9.59 Å². The molecule has 0 atom stereocenters. The van der Waals surface area contributed by atoms with Gasteiger partial charge >= 0.3 is 5.97 Å². The predicted octanol–water partition coefficient (Wildman–Crippen LogP) is 5.83. The van der Waals surface area contributed by atoms with Crippen LogP contribution >= 0.6 is 0 Å². The molecule has 184 valence electrons. The molecule has 0 unspecified atom stereocenters. The third-order valence-electron chi connectivity index (χ3n) is 6.28. The van der Waals surface area contributed by atoms with Gasteiger partial charge in [-0.25, -0.2) is 0 Å². The SMILES string of the molecule is Cc1ccc(CN(Cc2ccc(C(=O)NCCC(=O)O)cc2)Cc2ccc(C(C)C)cc2)cc1C. The molecule has 5 nitrogen and oxygen atoms in total. The first-order valence-electron chi connectivity index (χ1n) is 12.2. The van der Waals surface area contributed by atoms with Crippen molar-refractivity contribution in [2.75, 3.05) is 6.54 Å². The number of benzene rings is 3. The van der Waals surface area contributed by atoms with Gasteiger partial charge in [0, 0.05) is 31.7 Å². The number of carbonyl (C=O) groups excluding carboxylic acids is 1. The highest BCUT2D eigenvalue weighted by Gasteiger charge is 2.12. The van der Waals surface area contributed by atoms with Crippen LogP contribution < -0.4 is 5.32 Å². The van der Waals surface area contributed by atoms with Crippen LogP contribution in [0.1, 0.15) is 69.9 Å². The Morgan fingerprint density at radius 3 is 1.89 bits per heavy atom. The van der Waals surface area contributed by atoms with Gasteiger partial charge in [-0.15, -0.1) is 0 Å². The molecule has 0 radical (unpaired) electrons. The Morgan fingerprint density at radius 1 is 0.800 bits per heavy atom. The van der Waals surface area contributed by atoms with Crippen molar-refractivity contribution in [3.8, 4) is 0 Å². The largest absolute Gasteiger partial charge is 0.481 e. The first kappa shape index (κ1) is 26.2. The number of aryl methyl sites for hydroxylation is 2. The van der Waals surface area contributed by atoms with Crippen LogP contribution in [0.4, 0.5) is 0 Å². The molecule has 0 heterocycles. The number of aliphatic carboxylic acids is 1. The molecule has 3 aromatic rings. The van der Waals surface area contributed by atoms with Crippen molar-refractivity contribution in [1.29, 1.82) is 0 Å². The molecule has 3 rings (SSSR count). The summed E-state index contributed by atoms with van der Waals surface area (Å²) in [6.07, 6.45) is -0.0879. The summed E-state index contributed by atoms with van der Waals surface area (Å²) in [4.78, 5) is 25.3. The van der Waals surface area contributed by atoms with Crippen molar-refractivity contribution in [3.63, 3.8) is 0 Å². The average Bonchev–Trinajstić information content (AvgIpc) is 2.82. The highest BCUT2D eigenvalue weighted by atomic mass is 16.4. The first-order chi connectivity index (χ1) is 16.7. The monoisotopic (exact) mass is 472 g/mol. The number of rotatable bonds is 11. The maximum Gasteiger partial charge on any atom is 0.305 e.